The number of nitrogens with two attached hydrogens (primary N) is 1. The van der Waals surface area contributed by atoms with E-state index in [2.05, 4.69) is 10.3 Å². The molecule has 2 aromatic carbocycles. The Labute approximate surface area is 212 Å². The average Bonchev–Trinajstić information content (AvgIpc) is 2.84. The van der Waals surface area contributed by atoms with Gasteiger partial charge < -0.3 is 20.7 Å². The number of rotatable bonds is 5. The maximum atomic E-state index is 13.9. The maximum Gasteiger partial charge on any atom is 0.254 e. The van der Waals surface area contributed by atoms with Gasteiger partial charge in [0.05, 0.1) is 5.02 Å². The van der Waals surface area contributed by atoms with Gasteiger partial charge in [-0.05, 0) is 49.7 Å². The molecule has 35 heavy (non-hydrogen) atoms. The van der Waals surface area contributed by atoms with Gasteiger partial charge in [0.1, 0.15) is 18.0 Å². The third-order valence-electron chi connectivity index (χ3n) is 5.90. The Morgan fingerprint density at radius 3 is 2.66 bits per heavy atom. The molecule has 2 atom stereocenters. The molecule has 1 unspecified atom stereocenters. The first-order valence-electron chi connectivity index (χ1n) is 10.9. The molecule has 0 aliphatic carbocycles. The number of halogens is 3. The van der Waals surface area contributed by atoms with Crippen molar-refractivity contribution in [1.29, 1.82) is 0 Å². The first-order chi connectivity index (χ1) is 16.7. The molecule has 182 valence electrons. The summed E-state index contributed by atoms with van der Waals surface area (Å²) in [4.78, 5) is 30.5. The van der Waals surface area contributed by atoms with Crippen molar-refractivity contribution < 1.29 is 18.7 Å². The second-order valence-corrected chi connectivity index (χ2v) is 8.95. The van der Waals surface area contributed by atoms with Crippen molar-refractivity contribution in [2.75, 3.05) is 18.8 Å². The van der Waals surface area contributed by atoms with E-state index in [1.165, 1.54) is 12.1 Å². The predicted molar refractivity (Wildman–Crippen MR) is 133 cm³/mol. The summed E-state index contributed by atoms with van der Waals surface area (Å²) in [5.74, 6) is -0.559. The van der Waals surface area contributed by atoms with Crippen molar-refractivity contribution in [2.45, 2.75) is 26.0 Å². The monoisotopic (exact) mass is 516 g/mol. The molecule has 0 spiro atoms. The summed E-state index contributed by atoms with van der Waals surface area (Å²) in [6, 6.07) is 10.7. The van der Waals surface area contributed by atoms with Crippen molar-refractivity contribution in [3.8, 4) is 16.9 Å². The summed E-state index contributed by atoms with van der Waals surface area (Å²) in [5, 5.41) is 2.90. The van der Waals surface area contributed by atoms with Gasteiger partial charge in [-0.1, -0.05) is 35.3 Å². The van der Waals surface area contributed by atoms with Crippen LogP contribution in [-0.2, 0) is 4.79 Å². The number of carbonyl (C=O) groups excluding carboxylic acids is 2. The van der Waals surface area contributed by atoms with Gasteiger partial charge >= 0.3 is 0 Å². The van der Waals surface area contributed by atoms with Gasteiger partial charge in [0, 0.05) is 41.0 Å². The van der Waals surface area contributed by atoms with Crippen LogP contribution >= 0.6 is 23.2 Å². The lowest BCUT2D eigenvalue weighted by Crippen LogP contribution is -2.55. The minimum Gasteiger partial charge on any atom is -0.482 e. The topological polar surface area (TPSA) is 97.5 Å². The molecule has 2 heterocycles. The van der Waals surface area contributed by atoms with Crippen LogP contribution in [0, 0.1) is 5.82 Å². The Hall–Kier alpha value is -3.36. The molecule has 10 heteroatoms. The number of carbonyl (C=O) groups is 2. The molecule has 1 aliphatic rings. The normalized spacial score (nSPS) is 16.5. The standard InChI is InChI=1S/C25H23Cl2FN4O3/c1-13-24(33)30-9-10-32(13)25(34)16-5-3-15(4-6-16)17-11-20(23(29)31-12-17)35-14(2)21-18(26)7-8-19(28)22(21)27/h3-8,11-14H,9-10H2,1-2H3,(H2,29,31)(H,30,33)/t13-,14?/m0/s1. The number of pyridine rings is 1. The number of ether oxygens (including phenoxy) is 1. The number of benzene rings is 2. The van der Waals surface area contributed by atoms with Crippen LogP contribution in [0.2, 0.25) is 10.0 Å². The van der Waals surface area contributed by atoms with E-state index in [4.69, 9.17) is 33.7 Å². The molecule has 4 rings (SSSR count). The molecule has 7 nitrogen and oxygen atoms in total. The number of aromatic nitrogens is 1. The second kappa shape index (κ2) is 10.1. The van der Waals surface area contributed by atoms with Gasteiger partial charge in [-0.2, -0.15) is 0 Å². The molecule has 0 bridgehead atoms. The molecule has 3 N–H and O–H groups in total. The van der Waals surface area contributed by atoms with Gasteiger partial charge in [-0.25, -0.2) is 9.37 Å². The third kappa shape index (κ3) is 5.04. The summed E-state index contributed by atoms with van der Waals surface area (Å²) in [7, 11) is 0. The van der Waals surface area contributed by atoms with Crippen LogP contribution < -0.4 is 15.8 Å². The first-order valence-corrected chi connectivity index (χ1v) is 11.7. The molecular weight excluding hydrogens is 494 g/mol. The van der Waals surface area contributed by atoms with Crippen molar-refractivity contribution in [2.24, 2.45) is 0 Å². The Morgan fingerprint density at radius 2 is 1.94 bits per heavy atom. The lowest BCUT2D eigenvalue weighted by Gasteiger charge is -2.32. The molecule has 1 aromatic heterocycles. The van der Waals surface area contributed by atoms with E-state index in [0.29, 0.717) is 29.8 Å². The third-order valence-corrected chi connectivity index (χ3v) is 6.61. The van der Waals surface area contributed by atoms with Crippen molar-refractivity contribution in [3.05, 3.63) is 75.7 Å². The van der Waals surface area contributed by atoms with Gasteiger partial charge in [-0.15, -0.1) is 0 Å². The number of nitrogen functional groups attached to an aromatic ring is 1. The van der Waals surface area contributed by atoms with E-state index in [0.717, 1.165) is 5.56 Å². The quantitative estimate of drug-likeness (QED) is 0.471. The predicted octanol–water partition coefficient (Wildman–Crippen LogP) is 4.88. The SMILES string of the molecule is CC(Oc1cc(-c2ccc(C(=O)N3CCNC(=O)[C@@H]3C)cc2)cnc1N)c1c(Cl)ccc(F)c1Cl. The van der Waals surface area contributed by atoms with E-state index in [9.17, 15) is 14.0 Å². The number of amides is 2. The van der Waals surface area contributed by atoms with Crippen molar-refractivity contribution >= 4 is 40.8 Å². The summed E-state index contributed by atoms with van der Waals surface area (Å²) in [5.41, 5.74) is 8.26. The van der Waals surface area contributed by atoms with E-state index < -0.39 is 18.0 Å². The zero-order chi connectivity index (χ0) is 25.3. The van der Waals surface area contributed by atoms with Crippen LogP contribution in [0.5, 0.6) is 5.75 Å². The molecule has 0 saturated carbocycles. The highest BCUT2D eigenvalue weighted by molar-refractivity contribution is 6.36. The summed E-state index contributed by atoms with van der Waals surface area (Å²) in [6.07, 6.45) is 0.886. The molecular formula is C25H23Cl2FN4O3. The molecule has 0 radical (unpaired) electrons. The van der Waals surface area contributed by atoms with E-state index in [1.54, 1.807) is 55.3 Å². The first kappa shape index (κ1) is 24.8. The minimum absolute atomic E-state index is 0.117. The van der Waals surface area contributed by atoms with Crippen LogP contribution in [0.15, 0.2) is 48.7 Å². The minimum atomic E-state index is -0.700. The maximum absolute atomic E-state index is 13.9. The average molecular weight is 517 g/mol. The highest BCUT2D eigenvalue weighted by Gasteiger charge is 2.29. The number of hydrogen-bond acceptors (Lipinski definition) is 5. The van der Waals surface area contributed by atoms with Crippen molar-refractivity contribution in [3.63, 3.8) is 0 Å². The lowest BCUT2D eigenvalue weighted by atomic mass is 10.0. The zero-order valence-corrected chi connectivity index (χ0v) is 20.5. The van der Waals surface area contributed by atoms with Crippen LogP contribution in [-0.4, -0.2) is 40.8 Å². The molecule has 1 aliphatic heterocycles. The van der Waals surface area contributed by atoms with Gasteiger partial charge in [0.25, 0.3) is 5.91 Å². The zero-order valence-electron chi connectivity index (χ0n) is 19.0. The van der Waals surface area contributed by atoms with Gasteiger partial charge in [0.15, 0.2) is 11.6 Å². The van der Waals surface area contributed by atoms with E-state index in [-0.39, 0.29) is 33.4 Å². The molecule has 1 saturated heterocycles. The molecule has 3 aromatic rings. The fraction of sp³-hybridized carbons (Fsp3) is 0.240. The highest BCUT2D eigenvalue weighted by atomic mass is 35.5. The van der Waals surface area contributed by atoms with Crippen molar-refractivity contribution in [1.82, 2.24) is 15.2 Å². The molecule has 1 fully saturated rings. The molecule has 2 amide bonds. The lowest BCUT2D eigenvalue weighted by molar-refractivity contribution is -0.127. The van der Waals surface area contributed by atoms with Crippen LogP contribution in [0.25, 0.3) is 11.1 Å². The van der Waals surface area contributed by atoms with E-state index >= 15 is 0 Å². The highest BCUT2D eigenvalue weighted by Crippen LogP contribution is 2.37. The van der Waals surface area contributed by atoms with Crippen LogP contribution in [0.4, 0.5) is 10.2 Å². The van der Waals surface area contributed by atoms with Gasteiger partial charge in [-0.3, -0.25) is 9.59 Å². The van der Waals surface area contributed by atoms with Gasteiger partial charge in [0.2, 0.25) is 5.91 Å². The Morgan fingerprint density at radius 1 is 1.23 bits per heavy atom. The number of nitrogens with zero attached hydrogens (tertiary/aromatic N) is 2. The fourth-order valence-corrected chi connectivity index (χ4v) is 4.58. The summed E-state index contributed by atoms with van der Waals surface area (Å²) >= 11 is 12.3. The second-order valence-electron chi connectivity index (χ2n) is 8.17. The Bertz CT molecular complexity index is 1290. The Kier molecular flexibility index (Phi) is 7.14. The number of nitrogens with one attached hydrogen (secondary N) is 1. The smallest absolute Gasteiger partial charge is 0.254 e. The summed E-state index contributed by atoms with van der Waals surface area (Å²) in [6.45, 7) is 4.26. The number of piperazine rings is 1. The van der Waals surface area contributed by atoms with Crippen LogP contribution in [0.1, 0.15) is 35.9 Å². The summed E-state index contributed by atoms with van der Waals surface area (Å²) < 4.78 is 19.9. The van der Waals surface area contributed by atoms with Crippen LogP contribution in [0.3, 0.4) is 0 Å². The fourth-order valence-electron chi connectivity index (χ4n) is 3.90. The Balaban J connectivity index is 1.55. The van der Waals surface area contributed by atoms with E-state index in [1.807, 2.05) is 0 Å². The number of anilines is 1. The number of hydrogen-bond donors (Lipinski definition) is 2. The largest absolute Gasteiger partial charge is 0.482 e.